The molecule has 1 saturated heterocycles. The van der Waals surface area contributed by atoms with Crippen LogP contribution < -0.4 is 10.0 Å². The van der Waals surface area contributed by atoms with Crippen molar-refractivity contribution in [3.8, 4) is 0 Å². The molecule has 1 amide bonds. The van der Waals surface area contributed by atoms with Gasteiger partial charge in [0.05, 0.1) is 0 Å². The molecule has 7 nitrogen and oxygen atoms in total. The number of hydrogen-bond acceptors (Lipinski definition) is 4. The highest BCUT2D eigenvalue weighted by molar-refractivity contribution is 7.87. The van der Waals surface area contributed by atoms with Gasteiger partial charge < -0.3 is 10.4 Å². The Labute approximate surface area is 75.9 Å². The Kier molecular flexibility index (Phi) is 3.07. The SMILES string of the molecule is O=C(O)NS(=O)(=O)N1CCNCC1. The number of nitrogens with one attached hydrogen (secondary N) is 2. The topological polar surface area (TPSA) is 98.7 Å². The van der Waals surface area contributed by atoms with Gasteiger partial charge in [-0.2, -0.15) is 12.7 Å². The highest BCUT2D eigenvalue weighted by atomic mass is 32.2. The van der Waals surface area contributed by atoms with Crippen molar-refractivity contribution >= 4 is 16.3 Å². The van der Waals surface area contributed by atoms with E-state index in [2.05, 4.69) is 5.32 Å². The summed E-state index contributed by atoms with van der Waals surface area (Å²) in [5.74, 6) is 0. The minimum atomic E-state index is -3.84. The van der Waals surface area contributed by atoms with Crippen molar-refractivity contribution in [2.75, 3.05) is 26.2 Å². The van der Waals surface area contributed by atoms with Crippen LogP contribution in [0.5, 0.6) is 0 Å². The molecular weight excluding hydrogens is 198 g/mol. The molecule has 3 N–H and O–H groups in total. The smallest absolute Gasteiger partial charge is 0.419 e. The number of amides is 1. The van der Waals surface area contributed by atoms with Crippen molar-refractivity contribution in [1.29, 1.82) is 0 Å². The number of carboxylic acid groups (broad SMARTS) is 1. The van der Waals surface area contributed by atoms with Gasteiger partial charge in [0.1, 0.15) is 0 Å². The summed E-state index contributed by atoms with van der Waals surface area (Å²) < 4.78 is 25.0. The van der Waals surface area contributed by atoms with E-state index in [4.69, 9.17) is 5.11 Å². The van der Waals surface area contributed by atoms with Crippen LogP contribution in [-0.4, -0.2) is 50.1 Å². The molecule has 0 atom stereocenters. The largest absolute Gasteiger partial charge is 0.464 e. The summed E-state index contributed by atoms with van der Waals surface area (Å²) in [5.41, 5.74) is 0. The Morgan fingerprint density at radius 2 is 1.92 bits per heavy atom. The van der Waals surface area contributed by atoms with Crippen LogP contribution in [0.1, 0.15) is 0 Å². The first-order valence-electron chi connectivity index (χ1n) is 3.74. The van der Waals surface area contributed by atoms with Crippen molar-refractivity contribution < 1.29 is 18.3 Å². The molecular formula is C5H11N3O4S. The van der Waals surface area contributed by atoms with Gasteiger partial charge in [-0.15, -0.1) is 0 Å². The molecule has 8 heteroatoms. The molecule has 1 aliphatic heterocycles. The van der Waals surface area contributed by atoms with E-state index in [0.29, 0.717) is 26.2 Å². The monoisotopic (exact) mass is 209 g/mol. The maximum Gasteiger partial charge on any atom is 0.419 e. The van der Waals surface area contributed by atoms with E-state index in [-0.39, 0.29) is 0 Å². The molecule has 0 aromatic carbocycles. The zero-order valence-corrected chi connectivity index (χ0v) is 7.67. The lowest BCUT2D eigenvalue weighted by Gasteiger charge is -2.25. The lowest BCUT2D eigenvalue weighted by Crippen LogP contribution is -2.51. The fourth-order valence-electron chi connectivity index (χ4n) is 1.06. The predicted octanol–water partition coefficient (Wildman–Crippen LogP) is -1.60. The average Bonchev–Trinajstić information content (AvgIpc) is 2.04. The Morgan fingerprint density at radius 3 is 2.38 bits per heavy atom. The van der Waals surface area contributed by atoms with Crippen LogP contribution in [0.25, 0.3) is 0 Å². The summed E-state index contributed by atoms with van der Waals surface area (Å²) in [6.07, 6.45) is -1.56. The highest BCUT2D eigenvalue weighted by Crippen LogP contribution is 1.98. The standard InChI is InChI=1S/C5H11N3O4S/c9-5(10)7-13(11,12)8-3-1-6-2-4-8/h6-7H,1-4H2,(H,9,10). The molecule has 0 unspecified atom stereocenters. The van der Waals surface area contributed by atoms with Gasteiger partial charge in [0.15, 0.2) is 0 Å². The van der Waals surface area contributed by atoms with Crippen molar-refractivity contribution in [1.82, 2.24) is 14.3 Å². The molecule has 0 aliphatic carbocycles. The summed E-state index contributed by atoms with van der Waals surface area (Å²) in [6, 6.07) is 0. The maximum atomic E-state index is 11.2. The number of rotatable bonds is 2. The summed E-state index contributed by atoms with van der Waals surface area (Å²) in [7, 11) is -3.84. The predicted molar refractivity (Wildman–Crippen MR) is 44.5 cm³/mol. The first kappa shape index (κ1) is 10.2. The summed E-state index contributed by atoms with van der Waals surface area (Å²) in [4.78, 5) is 10.1. The van der Waals surface area contributed by atoms with Gasteiger partial charge in [-0.25, -0.2) is 9.52 Å². The molecule has 1 heterocycles. The summed E-state index contributed by atoms with van der Waals surface area (Å²) in [5, 5.41) is 11.2. The van der Waals surface area contributed by atoms with E-state index >= 15 is 0 Å². The van der Waals surface area contributed by atoms with Crippen LogP contribution >= 0.6 is 0 Å². The second kappa shape index (κ2) is 3.90. The van der Waals surface area contributed by atoms with Crippen molar-refractivity contribution in [3.05, 3.63) is 0 Å². The molecule has 1 fully saturated rings. The second-order valence-corrected chi connectivity index (χ2v) is 4.23. The molecule has 0 radical (unpaired) electrons. The van der Waals surface area contributed by atoms with Crippen LogP contribution in [0.4, 0.5) is 4.79 Å². The lowest BCUT2D eigenvalue weighted by molar-refractivity contribution is 0.200. The molecule has 0 spiro atoms. The highest BCUT2D eigenvalue weighted by Gasteiger charge is 2.24. The molecule has 0 bridgehead atoms. The van der Waals surface area contributed by atoms with Gasteiger partial charge in [-0.05, 0) is 0 Å². The van der Waals surface area contributed by atoms with E-state index in [0.717, 1.165) is 4.31 Å². The number of hydrogen-bond donors (Lipinski definition) is 3. The molecule has 0 saturated carbocycles. The second-order valence-electron chi connectivity index (χ2n) is 2.56. The van der Waals surface area contributed by atoms with Crippen LogP contribution in [0.15, 0.2) is 0 Å². The van der Waals surface area contributed by atoms with Crippen molar-refractivity contribution in [2.24, 2.45) is 0 Å². The van der Waals surface area contributed by atoms with Gasteiger partial charge in [0, 0.05) is 26.2 Å². The van der Waals surface area contributed by atoms with Crippen LogP contribution in [0.2, 0.25) is 0 Å². The van der Waals surface area contributed by atoms with Gasteiger partial charge in [0.2, 0.25) is 0 Å². The van der Waals surface area contributed by atoms with E-state index in [1.807, 2.05) is 0 Å². The lowest BCUT2D eigenvalue weighted by atomic mass is 10.4. The van der Waals surface area contributed by atoms with Crippen LogP contribution in [0.3, 0.4) is 0 Å². The summed E-state index contributed by atoms with van der Waals surface area (Å²) in [6.45, 7) is 1.67. The fraction of sp³-hybridized carbons (Fsp3) is 0.800. The Morgan fingerprint density at radius 1 is 1.38 bits per heavy atom. The Hall–Kier alpha value is -0.860. The summed E-state index contributed by atoms with van der Waals surface area (Å²) >= 11 is 0. The molecule has 0 aromatic heterocycles. The molecule has 1 aliphatic rings. The zero-order chi connectivity index (χ0) is 9.90. The van der Waals surface area contributed by atoms with E-state index in [9.17, 15) is 13.2 Å². The van der Waals surface area contributed by atoms with Gasteiger partial charge >= 0.3 is 16.3 Å². The third-order valence-corrected chi connectivity index (χ3v) is 3.11. The van der Waals surface area contributed by atoms with E-state index < -0.39 is 16.3 Å². The minimum absolute atomic E-state index is 0.294. The average molecular weight is 209 g/mol. The van der Waals surface area contributed by atoms with E-state index in [1.54, 1.807) is 0 Å². The minimum Gasteiger partial charge on any atom is -0.464 e. The number of piperazine rings is 1. The van der Waals surface area contributed by atoms with Crippen molar-refractivity contribution in [3.63, 3.8) is 0 Å². The Bertz CT molecular complexity index is 282. The number of nitrogens with zero attached hydrogens (tertiary/aromatic N) is 1. The normalized spacial score (nSPS) is 19.7. The van der Waals surface area contributed by atoms with Crippen LogP contribution in [0, 0.1) is 0 Å². The molecule has 1 rings (SSSR count). The Balaban J connectivity index is 2.62. The third-order valence-electron chi connectivity index (χ3n) is 1.63. The van der Waals surface area contributed by atoms with Crippen molar-refractivity contribution in [2.45, 2.75) is 0 Å². The molecule has 0 aromatic rings. The van der Waals surface area contributed by atoms with E-state index in [1.165, 1.54) is 4.72 Å². The van der Waals surface area contributed by atoms with Gasteiger partial charge in [0.25, 0.3) is 0 Å². The molecule has 13 heavy (non-hydrogen) atoms. The fourth-order valence-corrected chi connectivity index (χ4v) is 2.07. The molecule has 76 valence electrons. The first-order valence-corrected chi connectivity index (χ1v) is 5.18. The third kappa shape index (κ3) is 2.83. The first-order chi connectivity index (χ1) is 6.02. The maximum absolute atomic E-state index is 11.2. The number of carbonyl (C=O) groups is 1. The van der Waals surface area contributed by atoms with Crippen LogP contribution in [-0.2, 0) is 10.2 Å². The quantitative estimate of drug-likeness (QED) is 0.509. The van der Waals surface area contributed by atoms with Gasteiger partial charge in [-0.3, -0.25) is 0 Å². The zero-order valence-electron chi connectivity index (χ0n) is 6.86. The van der Waals surface area contributed by atoms with Gasteiger partial charge in [-0.1, -0.05) is 0 Å².